The lowest BCUT2D eigenvalue weighted by Crippen LogP contribution is -2.34. The van der Waals surface area contributed by atoms with Gasteiger partial charge in [-0.15, -0.1) is 0 Å². The Morgan fingerprint density at radius 3 is 2.70 bits per heavy atom. The Kier molecular flexibility index (Phi) is 7.33. The fourth-order valence-corrected chi connectivity index (χ4v) is 4.77. The fraction of sp³-hybridized carbons (Fsp3) is 0.231. The van der Waals surface area contributed by atoms with Gasteiger partial charge in [0.05, 0.1) is 12.7 Å². The van der Waals surface area contributed by atoms with Crippen LogP contribution in [0.3, 0.4) is 0 Å². The average molecular weight is 483 g/mol. The third kappa shape index (κ3) is 5.38. The Morgan fingerprint density at radius 1 is 1.12 bits per heavy atom. The zero-order valence-corrected chi connectivity index (χ0v) is 19.6. The van der Waals surface area contributed by atoms with Crippen LogP contribution in [0.2, 0.25) is 10.0 Å². The number of hydrogen-bond acceptors (Lipinski definition) is 5. The normalized spacial score (nSPS) is 18.2. The lowest BCUT2D eigenvalue weighted by Gasteiger charge is -2.33. The molecule has 0 aliphatic heterocycles. The number of ether oxygens (including phenoxy) is 2. The summed E-state index contributed by atoms with van der Waals surface area (Å²) in [5.74, 6) is 0.224. The molecule has 0 spiro atoms. The molecule has 0 saturated heterocycles. The zero-order chi connectivity index (χ0) is 23.4. The third-order valence-electron chi connectivity index (χ3n) is 5.89. The summed E-state index contributed by atoms with van der Waals surface area (Å²) in [5.41, 5.74) is 11.3. The molecule has 0 radical (unpaired) electrons. The Labute approximate surface area is 203 Å². The predicted molar refractivity (Wildman–Crippen MR) is 131 cm³/mol. The second-order valence-corrected chi connectivity index (χ2v) is 8.82. The molecule has 2 aromatic carbocycles. The van der Waals surface area contributed by atoms with Crippen LogP contribution in [0.5, 0.6) is 5.75 Å². The van der Waals surface area contributed by atoms with Crippen molar-refractivity contribution in [3.8, 4) is 5.75 Å². The second kappa shape index (κ2) is 10.4. The number of nitrogens with two attached hydrogens (primary N) is 1. The molecule has 1 aliphatic carbocycles. The van der Waals surface area contributed by atoms with Crippen LogP contribution in [-0.2, 0) is 4.74 Å². The van der Waals surface area contributed by atoms with Gasteiger partial charge in [0.1, 0.15) is 12.4 Å². The number of pyridine rings is 1. The predicted octanol–water partition coefficient (Wildman–Crippen LogP) is 5.91. The summed E-state index contributed by atoms with van der Waals surface area (Å²) in [7, 11) is 1.35. The molecule has 33 heavy (non-hydrogen) atoms. The quantitative estimate of drug-likeness (QED) is 0.441. The van der Waals surface area contributed by atoms with Crippen LogP contribution in [0.15, 0.2) is 72.6 Å². The molecule has 2 atom stereocenters. The van der Waals surface area contributed by atoms with E-state index in [4.69, 9.17) is 38.4 Å². The molecule has 5 nitrogen and oxygen atoms in total. The molecule has 1 aliphatic rings. The van der Waals surface area contributed by atoms with Crippen molar-refractivity contribution in [1.29, 1.82) is 0 Å². The summed E-state index contributed by atoms with van der Waals surface area (Å²) in [6.45, 7) is 0.351. The van der Waals surface area contributed by atoms with Gasteiger partial charge in [-0.25, -0.2) is 4.79 Å². The number of benzene rings is 2. The standard InChI is InChI=1S/C26H24Cl2N2O3/c1-32-26(31)16-4-2-6-20(10-16)33-15-18-11-25(29)23(21-8-7-19(27)12-24(21)28)13-22(18)17-5-3-9-30-14-17/h2-10,12,14,23,25H,11,13,15,29H2,1H3. The van der Waals surface area contributed by atoms with Crippen LogP contribution >= 0.6 is 23.2 Å². The molecule has 7 heteroatoms. The van der Waals surface area contributed by atoms with Gasteiger partial charge in [0.15, 0.2) is 0 Å². The van der Waals surface area contributed by atoms with Gasteiger partial charge in [-0.05, 0) is 71.5 Å². The van der Waals surface area contributed by atoms with Crippen molar-refractivity contribution in [2.24, 2.45) is 5.73 Å². The summed E-state index contributed by atoms with van der Waals surface area (Å²) < 4.78 is 10.9. The third-order valence-corrected chi connectivity index (χ3v) is 6.45. The fourth-order valence-electron chi connectivity index (χ4n) is 4.22. The summed E-state index contributed by atoms with van der Waals surface area (Å²) in [6, 6.07) is 16.3. The Morgan fingerprint density at radius 2 is 1.97 bits per heavy atom. The van der Waals surface area contributed by atoms with Gasteiger partial charge in [0, 0.05) is 34.4 Å². The van der Waals surface area contributed by atoms with Gasteiger partial charge in [-0.1, -0.05) is 41.4 Å². The van der Waals surface area contributed by atoms with Crippen LogP contribution in [0.4, 0.5) is 0 Å². The number of carbonyl (C=O) groups excluding carboxylic acids is 1. The molecule has 1 heterocycles. The van der Waals surface area contributed by atoms with Crippen LogP contribution in [0.25, 0.3) is 5.57 Å². The highest BCUT2D eigenvalue weighted by Crippen LogP contribution is 2.42. The summed E-state index contributed by atoms with van der Waals surface area (Å²) in [5, 5.41) is 1.22. The minimum atomic E-state index is -0.405. The van der Waals surface area contributed by atoms with Crippen molar-refractivity contribution < 1.29 is 14.3 Å². The molecule has 2 N–H and O–H groups in total. The van der Waals surface area contributed by atoms with Crippen LogP contribution in [0, 0.1) is 0 Å². The number of hydrogen-bond donors (Lipinski definition) is 1. The molecule has 0 bridgehead atoms. The van der Waals surface area contributed by atoms with Gasteiger partial charge >= 0.3 is 5.97 Å². The first-order valence-corrected chi connectivity index (χ1v) is 11.3. The first-order chi connectivity index (χ1) is 16.0. The van der Waals surface area contributed by atoms with Gasteiger partial charge < -0.3 is 15.2 Å². The smallest absolute Gasteiger partial charge is 0.337 e. The molecular formula is C26H24Cl2N2O3. The van der Waals surface area contributed by atoms with E-state index in [2.05, 4.69) is 4.98 Å². The van der Waals surface area contributed by atoms with E-state index < -0.39 is 5.97 Å². The van der Waals surface area contributed by atoms with Crippen molar-refractivity contribution in [2.75, 3.05) is 13.7 Å². The summed E-state index contributed by atoms with van der Waals surface area (Å²) >= 11 is 12.6. The maximum atomic E-state index is 11.8. The number of nitrogens with zero attached hydrogens (tertiary/aromatic N) is 1. The minimum Gasteiger partial charge on any atom is -0.489 e. The summed E-state index contributed by atoms with van der Waals surface area (Å²) in [6.07, 6.45) is 4.95. The molecule has 0 saturated carbocycles. The average Bonchev–Trinajstić information content (AvgIpc) is 2.83. The van der Waals surface area contributed by atoms with E-state index in [1.54, 1.807) is 30.5 Å². The van der Waals surface area contributed by atoms with Gasteiger partial charge in [-0.2, -0.15) is 0 Å². The van der Waals surface area contributed by atoms with Crippen LogP contribution in [0.1, 0.15) is 40.2 Å². The number of aromatic nitrogens is 1. The van der Waals surface area contributed by atoms with Crippen molar-refractivity contribution in [3.63, 3.8) is 0 Å². The number of halogens is 2. The van der Waals surface area contributed by atoms with E-state index in [9.17, 15) is 4.79 Å². The second-order valence-electron chi connectivity index (χ2n) is 7.98. The highest BCUT2D eigenvalue weighted by atomic mass is 35.5. The molecule has 0 fully saturated rings. The van der Waals surface area contributed by atoms with E-state index in [1.165, 1.54) is 7.11 Å². The van der Waals surface area contributed by atoms with Gasteiger partial charge in [0.25, 0.3) is 0 Å². The highest BCUT2D eigenvalue weighted by Gasteiger charge is 2.31. The number of esters is 1. The van der Waals surface area contributed by atoms with Gasteiger partial charge in [0.2, 0.25) is 0 Å². The first kappa shape index (κ1) is 23.3. The molecule has 170 valence electrons. The maximum Gasteiger partial charge on any atom is 0.337 e. The van der Waals surface area contributed by atoms with E-state index in [0.717, 1.165) is 22.3 Å². The Bertz CT molecular complexity index is 1180. The lowest BCUT2D eigenvalue weighted by molar-refractivity contribution is 0.0600. The number of carbonyl (C=O) groups is 1. The van der Waals surface area contributed by atoms with Crippen molar-refractivity contribution >= 4 is 34.7 Å². The topological polar surface area (TPSA) is 74.4 Å². The van der Waals surface area contributed by atoms with Crippen molar-refractivity contribution in [2.45, 2.75) is 24.8 Å². The van der Waals surface area contributed by atoms with Crippen LogP contribution < -0.4 is 10.5 Å². The monoisotopic (exact) mass is 482 g/mol. The minimum absolute atomic E-state index is 0.0383. The number of allylic oxidation sites excluding steroid dienone is 1. The van der Waals surface area contributed by atoms with E-state index in [0.29, 0.717) is 40.8 Å². The molecule has 1 aromatic heterocycles. The molecule has 0 amide bonds. The summed E-state index contributed by atoms with van der Waals surface area (Å²) in [4.78, 5) is 16.1. The Hall–Kier alpha value is -2.86. The number of methoxy groups -OCH3 is 1. The van der Waals surface area contributed by atoms with Gasteiger partial charge in [-0.3, -0.25) is 4.98 Å². The van der Waals surface area contributed by atoms with Crippen LogP contribution in [-0.4, -0.2) is 30.7 Å². The van der Waals surface area contributed by atoms with Crippen molar-refractivity contribution in [3.05, 3.63) is 99.3 Å². The zero-order valence-electron chi connectivity index (χ0n) is 18.1. The molecule has 2 unspecified atom stereocenters. The number of rotatable bonds is 6. The highest BCUT2D eigenvalue weighted by molar-refractivity contribution is 6.35. The Balaban J connectivity index is 1.64. The van der Waals surface area contributed by atoms with E-state index >= 15 is 0 Å². The lowest BCUT2D eigenvalue weighted by atomic mass is 9.75. The molecule has 4 rings (SSSR count). The molecule has 3 aromatic rings. The maximum absolute atomic E-state index is 11.8. The first-order valence-electron chi connectivity index (χ1n) is 10.6. The van der Waals surface area contributed by atoms with E-state index in [-0.39, 0.29) is 12.0 Å². The SMILES string of the molecule is COC(=O)c1cccc(OCC2=C(c3cccnc3)CC(c3ccc(Cl)cc3Cl)C(N)C2)c1. The molecular weight excluding hydrogens is 459 g/mol. The van der Waals surface area contributed by atoms with Crippen molar-refractivity contribution in [1.82, 2.24) is 4.98 Å². The van der Waals surface area contributed by atoms with E-state index in [1.807, 2.05) is 36.5 Å². The largest absolute Gasteiger partial charge is 0.489 e.